The SMILES string of the molecule is CCC(C)(CC(C)(CC(C)(C)C(=O)NCCNC(=O)NS(C)(=O)=O)C(=O)OC1(C)CCOC(=O)C1)C(=O)OC1(C)C2CC3CC(C2)CC1C3. The average Bonchev–Trinajstić information content (AvgIpc) is 2.96. The molecular weight excluding hydrogens is 654 g/mol. The van der Waals surface area contributed by atoms with E-state index in [0.717, 1.165) is 31.9 Å². The maximum Gasteiger partial charge on any atom is 0.328 e. The van der Waals surface area contributed by atoms with Crippen molar-refractivity contribution in [3.05, 3.63) is 0 Å². The molecule has 4 saturated carbocycles. The number of ether oxygens (including phenoxy) is 3. The zero-order valence-electron chi connectivity index (χ0n) is 30.5. The van der Waals surface area contributed by atoms with Gasteiger partial charge in [0.05, 0.1) is 30.1 Å². The van der Waals surface area contributed by atoms with Crippen molar-refractivity contribution in [3.8, 4) is 0 Å². The molecule has 4 aliphatic carbocycles. The summed E-state index contributed by atoms with van der Waals surface area (Å²) in [6.45, 7) is 12.7. The second kappa shape index (κ2) is 14.0. The maximum atomic E-state index is 14.3. The lowest BCUT2D eigenvalue weighted by atomic mass is 9.50. The number of hydrogen-bond donors (Lipinski definition) is 3. The van der Waals surface area contributed by atoms with Gasteiger partial charge in [-0.25, -0.2) is 17.9 Å². The number of amides is 3. The number of carbonyl (C=O) groups is 5. The van der Waals surface area contributed by atoms with E-state index in [-0.39, 0.29) is 44.9 Å². The fourth-order valence-corrected chi connectivity index (χ4v) is 9.54. The summed E-state index contributed by atoms with van der Waals surface area (Å²) >= 11 is 0. The van der Waals surface area contributed by atoms with E-state index in [1.165, 1.54) is 6.42 Å². The summed E-state index contributed by atoms with van der Waals surface area (Å²) in [6.07, 6.45) is 7.09. The Bertz CT molecular complexity index is 1400. The van der Waals surface area contributed by atoms with Crippen LogP contribution in [-0.4, -0.2) is 75.4 Å². The summed E-state index contributed by atoms with van der Waals surface area (Å²) in [7, 11) is -3.74. The largest absolute Gasteiger partial charge is 0.465 e. The minimum absolute atomic E-state index is 0.00192. The van der Waals surface area contributed by atoms with Gasteiger partial charge in [-0.3, -0.25) is 19.2 Å². The van der Waals surface area contributed by atoms with Gasteiger partial charge in [0, 0.05) is 24.9 Å². The second-order valence-electron chi connectivity index (χ2n) is 17.0. The molecule has 0 aromatic heterocycles. The lowest BCUT2D eigenvalue weighted by molar-refractivity contribution is -0.214. The fourth-order valence-electron chi connectivity index (χ4n) is 9.13. The lowest BCUT2D eigenvalue weighted by Gasteiger charge is -2.59. The van der Waals surface area contributed by atoms with E-state index in [1.54, 1.807) is 32.4 Å². The molecule has 5 fully saturated rings. The van der Waals surface area contributed by atoms with Gasteiger partial charge in [-0.05, 0) is 103 Å². The van der Waals surface area contributed by atoms with Crippen molar-refractivity contribution in [2.24, 2.45) is 39.9 Å². The number of hydrogen-bond acceptors (Lipinski definition) is 10. The van der Waals surface area contributed by atoms with E-state index in [2.05, 4.69) is 17.6 Å². The van der Waals surface area contributed by atoms with Crippen molar-refractivity contribution < 1.29 is 46.6 Å². The Labute approximate surface area is 291 Å². The molecule has 13 nitrogen and oxygen atoms in total. The van der Waals surface area contributed by atoms with E-state index >= 15 is 0 Å². The van der Waals surface area contributed by atoms with Crippen molar-refractivity contribution in [2.75, 3.05) is 26.0 Å². The molecule has 49 heavy (non-hydrogen) atoms. The summed E-state index contributed by atoms with van der Waals surface area (Å²) in [4.78, 5) is 66.1. The molecule has 4 bridgehead atoms. The Balaban J connectivity index is 1.52. The van der Waals surface area contributed by atoms with Crippen LogP contribution in [0.1, 0.15) is 113 Å². The third-order valence-electron chi connectivity index (χ3n) is 11.8. The van der Waals surface area contributed by atoms with Crippen LogP contribution in [0, 0.1) is 39.9 Å². The van der Waals surface area contributed by atoms with Crippen molar-refractivity contribution >= 4 is 39.9 Å². The van der Waals surface area contributed by atoms with Gasteiger partial charge in [-0.1, -0.05) is 20.8 Å². The van der Waals surface area contributed by atoms with Crippen LogP contribution in [0.2, 0.25) is 0 Å². The minimum atomic E-state index is -3.74. The van der Waals surface area contributed by atoms with Crippen LogP contribution >= 0.6 is 0 Å². The van der Waals surface area contributed by atoms with Crippen LogP contribution in [-0.2, 0) is 43.4 Å². The van der Waals surface area contributed by atoms with Crippen LogP contribution in [0.25, 0.3) is 0 Å². The standard InChI is InChI=1S/C35H57N3O10S/c1-9-32(4,28(41)48-35(7)24-15-22-14-23(17-24)18-25(35)16-22)21-33(5,29(42)47-34(6)10-13-46-26(39)19-34)20-31(2,3)27(40)36-11-12-37-30(43)38-49(8,44)45/h22-25H,9-21H2,1-8H3,(H,36,40)(H2,37,38,43). The molecule has 0 aromatic rings. The Morgan fingerprint density at radius 3 is 1.94 bits per heavy atom. The molecule has 0 aromatic carbocycles. The molecule has 3 atom stereocenters. The normalized spacial score (nSPS) is 31.8. The number of urea groups is 1. The quantitative estimate of drug-likeness (QED) is 0.135. The predicted octanol–water partition coefficient (Wildman–Crippen LogP) is 3.99. The summed E-state index contributed by atoms with van der Waals surface area (Å²) in [5.74, 6) is 0.222. The third kappa shape index (κ3) is 9.07. The summed E-state index contributed by atoms with van der Waals surface area (Å²) < 4.78 is 42.1. The van der Waals surface area contributed by atoms with Gasteiger partial charge in [0.15, 0.2) is 0 Å². The summed E-state index contributed by atoms with van der Waals surface area (Å²) in [6, 6.07) is -0.917. The molecule has 278 valence electrons. The highest BCUT2D eigenvalue weighted by Gasteiger charge is 2.59. The Morgan fingerprint density at radius 2 is 1.41 bits per heavy atom. The van der Waals surface area contributed by atoms with E-state index in [0.29, 0.717) is 36.5 Å². The molecule has 1 aliphatic heterocycles. The molecule has 0 radical (unpaired) electrons. The molecule has 0 spiro atoms. The van der Waals surface area contributed by atoms with Crippen LogP contribution < -0.4 is 15.4 Å². The van der Waals surface area contributed by atoms with Gasteiger partial charge in [-0.15, -0.1) is 0 Å². The number of rotatable bonds is 14. The number of esters is 3. The fraction of sp³-hybridized carbons (Fsp3) is 0.857. The lowest BCUT2D eigenvalue weighted by Crippen LogP contribution is -2.59. The van der Waals surface area contributed by atoms with Gasteiger partial charge in [0.2, 0.25) is 15.9 Å². The van der Waals surface area contributed by atoms with Crippen LogP contribution in [0.4, 0.5) is 4.79 Å². The first-order chi connectivity index (χ1) is 22.5. The molecule has 3 N–H and O–H groups in total. The van der Waals surface area contributed by atoms with Gasteiger partial charge in [0.1, 0.15) is 11.2 Å². The number of sulfonamides is 1. The average molecular weight is 712 g/mol. The van der Waals surface area contributed by atoms with Gasteiger partial charge in [-0.2, -0.15) is 0 Å². The molecule has 1 heterocycles. The third-order valence-corrected chi connectivity index (χ3v) is 12.3. The van der Waals surface area contributed by atoms with E-state index in [9.17, 15) is 32.4 Å². The van der Waals surface area contributed by atoms with E-state index in [4.69, 9.17) is 14.2 Å². The van der Waals surface area contributed by atoms with Crippen molar-refractivity contribution in [3.63, 3.8) is 0 Å². The molecule has 1 saturated heterocycles. The first kappa shape index (κ1) is 38.9. The molecule has 3 unspecified atom stereocenters. The molecule has 3 amide bonds. The van der Waals surface area contributed by atoms with Gasteiger partial charge in [0.25, 0.3) is 0 Å². The van der Waals surface area contributed by atoms with Gasteiger partial charge >= 0.3 is 23.9 Å². The second-order valence-corrected chi connectivity index (χ2v) is 18.7. The highest BCUT2D eigenvalue weighted by molar-refractivity contribution is 7.89. The minimum Gasteiger partial charge on any atom is -0.465 e. The summed E-state index contributed by atoms with van der Waals surface area (Å²) in [5.41, 5.74) is -5.25. The highest BCUT2D eigenvalue weighted by atomic mass is 32.2. The zero-order chi connectivity index (χ0) is 36.6. The van der Waals surface area contributed by atoms with Crippen LogP contribution in [0.5, 0.6) is 0 Å². The molecular formula is C35H57N3O10S. The predicted molar refractivity (Wildman–Crippen MR) is 180 cm³/mol. The van der Waals surface area contributed by atoms with Crippen LogP contribution in [0.15, 0.2) is 0 Å². The van der Waals surface area contributed by atoms with Gasteiger partial charge < -0.3 is 24.8 Å². The number of carbonyl (C=O) groups excluding carboxylic acids is 5. The maximum absolute atomic E-state index is 14.3. The number of nitrogens with one attached hydrogen (secondary N) is 3. The van der Waals surface area contributed by atoms with Crippen molar-refractivity contribution in [1.29, 1.82) is 0 Å². The monoisotopic (exact) mass is 711 g/mol. The van der Waals surface area contributed by atoms with Crippen molar-refractivity contribution in [1.82, 2.24) is 15.4 Å². The first-order valence-electron chi connectivity index (χ1n) is 17.7. The van der Waals surface area contributed by atoms with E-state index in [1.807, 2.05) is 13.8 Å². The molecule has 5 rings (SSSR count). The van der Waals surface area contributed by atoms with E-state index < -0.39 is 61.3 Å². The Kier molecular flexibility index (Phi) is 11.1. The number of cyclic esters (lactones) is 1. The Morgan fingerprint density at radius 1 is 0.857 bits per heavy atom. The first-order valence-corrected chi connectivity index (χ1v) is 19.6. The summed E-state index contributed by atoms with van der Waals surface area (Å²) in [5, 5.41) is 5.12. The zero-order valence-corrected chi connectivity index (χ0v) is 31.3. The molecule has 5 aliphatic rings. The smallest absolute Gasteiger partial charge is 0.328 e. The highest BCUT2D eigenvalue weighted by Crippen LogP contribution is 2.60. The molecule has 14 heteroatoms. The topological polar surface area (TPSA) is 183 Å². The van der Waals surface area contributed by atoms with Crippen LogP contribution in [0.3, 0.4) is 0 Å². The Hall–Kier alpha value is -2.90. The van der Waals surface area contributed by atoms with Crippen molar-refractivity contribution in [2.45, 2.75) is 124 Å².